The van der Waals surface area contributed by atoms with Gasteiger partial charge in [0.2, 0.25) is 5.95 Å². The van der Waals surface area contributed by atoms with E-state index in [1.165, 1.54) is 0 Å². The summed E-state index contributed by atoms with van der Waals surface area (Å²) in [5.74, 6) is 0.628. The van der Waals surface area contributed by atoms with Gasteiger partial charge in [-0.3, -0.25) is 4.57 Å². The minimum Gasteiger partial charge on any atom is -0.399 e. The number of nitrogens with zero attached hydrogens (tertiary/aromatic N) is 3. The molecule has 0 amide bonds. The zero-order valence-corrected chi connectivity index (χ0v) is 21.0. The van der Waals surface area contributed by atoms with Crippen LogP contribution in [0.1, 0.15) is 27.7 Å². The lowest BCUT2D eigenvalue weighted by atomic mass is 9.78. The molecule has 5 nitrogen and oxygen atoms in total. The summed E-state index contributed by atoms with van der Waals surface area (Å²) >= 11 is 0. The molecule has 5 aromatic rings. The number of fused-ring (bicyclic) bond motifs is 1. The van der Waals surface area contributed by atoms with E-state index in [0.717, 1.165) is 38.8 Å². The quantitative estimate of drug-likeness (QED) is 0.298. The Hall–Kier alpha value is -3.74. The van der Waals surface area contributed by atoms with Crippen molar-refractivity contribution in [3.8, 4) is 28.5 Å². The summed E-state index contributed by atoms with van der Waals surface area (Å²) in [7, 11) is -0.398. The average molecular weight is 473 g/mol. The topological polar surface area (TPSA) is 49.2 Å². The van der Waals surface area contributed by atoms with Crippen LogP contribution in [0.2, 0.25) is 0 Å². The second-order valence-corrected chi connectivity index (χ2v) is 10.3. The molecule has 1 aliphatic heterocycles. The Morgan fingerprint density at radius 3 is 1.72 bits per heavy atom. The van der Waals surface area contributed by atoms with Gasteiger partial charge >= 0.3 is 7.12 Å². The van der Waals surface area contributed by atoms with Crippen molar-refractivity contribution >= 4 is 23.4 Å². The molecule has 3 aromatic carbocycles. The van der Waals surface area contributed by atoms with Crippen LogP contribution in [0.5, 0.6) is 0 Å². The van der Waals surface area contributed by atoms with Crippen LogP contribution in [0.3, 0.4) is 0 Å². The van der Waals surface area contributed by atoms with Crippen LogP contribution in [0.25, 0.3) is 39.2 Å². The monoisotopic (exact) mass is 473 g/mol. The summed E-state index contributed by atoms with van der Waals surface area (Å²) in [6, 6.07) is 28.8. The molecular weight excluding hydrogens is 445 g/mol. The largest absolute Gasteiger partial charge is 0.494 e. The van der Waals surface area contributed by atoms with Crippen LogP contribution in [0.15, 0.2) is 97.3 Å². The predicted molar refractivity (Wildman–Crippen MR) is 145 cm³/mol. The zero-order valence-electron chi connectivity index (χ0n) is 21.0. The van der Waals surface area contributed by atoms with Gasteiger partial charge < -0.3 is 9.31 Å². The molecule has 36 heavy (non-hydrogen) atoms. The van der Waals surface area contributed by atoms with Crippen molar-refractivity contribution in [1.82, 2.24) is 14.5 Å². The first kappa shape index (κ1) is 22.7. The van der Waals surface area contributed by atoms with Gasteiger partial charge in [-0.2, -0.15) is 0 Å². The van der Waals surface area contributed by atoms with E-state index >= 15 is 0 Å². The minimum atomic E-state index is -0.398. The SMILES string of the molecule is CC1(C)OB(c2ccc3cn(-c4nc(-c5ccccc5)cc(-c5ccccc5)n4)cc3c2)OC1(C)C. The third kappa shape index (κ3) is 4.02. The molecule has 3 heterocycles. The van der Waals surface area contributed by atoms with Crippen LogP contribution in [0, 0.1) is 0 Å². The minimum absolute atomic E-state index is 0.377. The summed E-state index contributed by atoms with van der Waals surface area (Å²) in [4.78, 5) is 9.87. The molecule has 2 aromatic heterocycles. The van der Waals surface area contributed by atoms with Gasteiger partial charge in [0.25, 0.3) is 0 Å². The zero-order chi connectivity index (χ0) is 24.9. The van der Waals surface area contributed by atoms with Crippen molar-refractivity contribution in [3.63, 3.8) is 0 Å². The van der Waals surface area contributed by atoms with Crippen LogP contribution in [-0.2, 0) is 9.31 Å². The fraction of sp³-hybridized carbons (Fsp3) is 0.200. The fourth-order valence-corrected chi connectivity index (χ4v) is 4.46. The van der Waals surface area contributed by atoms with E-state index in [0.29, 0.717) is 5.95 Å². The fourth-order valence-electron chi connectivity index (χ4n) is 4.46. The van der Waals surface area contributed by atoms with Gasteiger partial charge in [0.1, 0.15) is 0 Å². The molecule has 6 heteroatoms. The highest BCUT2D eigenvalue weighted by atomic mass is 16.7. The van der Waals surface area contributed by atoms with E-state index in [4.69, 9.17) is 19.3 Å². The molecule has 1 fully saturated rings. The van der Waals surface area contributed by atoms with E-state index in [1.54, 1.807) is 0 Å². The highest BCUT2D eigenvalue weighted by Gasteiger charge is 2.51. The van der Waals surface area contributed by atoms with Crippen LogP contribution in [-0.4, -0.2) is 32.9 Å². The normalized spacial score (nSPS) is 16.5. The number of hydrogen-bond acceptors (Lipinski definition) is 4. The predicted octanol–water partition coefficient (Wildman–Crippen LogP) is 6.05. The molecule has 178 valence electrons. The number of hydrogen-bond donors (Lipinski definition) is 0. The number of aromatic nitrogens is 3. The third-order valence-electron chi connectivity index (χ3n) is 7.28. The lowest BCUT2D eigenvalue weighted by molar-refractivity contribution is 0.00578. The molecule has 1 aliphatic rings. The lowest BCUT2D eigenvalue weighted by Crippen LogP contribution is -2.41. The molecule has 0 atom stereocenters. The Morgan fingerprint density at radius 1 is 0.639 bits per heavy atom. The maximum absolute atomic E-state index is 6.27. The molecule has 6 rings (SSSR count). The van der Waals surface area contributed by atoms with Crippen molar-refractivity contribution in [2.24, 2.45) is 0 Å². The van der Waals surface area contributed by atoms with Gasteiger partial charge in [-0.05, 0) is 50.0 Å². The van der Waals surface area contributed by atoms with Crippen molar-refractivity contribution in [2.75, 3.05) is 0 Å². The molecule has 0 spiro atoms. The Balaban J connectivity index is 1.42. The second kappa shape index (κ2) is 8.44. The Labute approximate surface area is 211 Å². The molecule has 0 bridgehead atoms. The lowest BCUT2D eigenvalue weighted by Gasteiger charge is -2.32. The van der Waals surface area contributed by atoms with Gasteiger partial charge in [0.05, 0.1) is 22.6 Å². The Morgan fingerprint density at radius 2 is 1.17 bits per heavy atom. The Bertz CT molecular complexity index is 1470. The summed E-state index contributed by atoms with van der Waals surface area (Å²) in [6.45, 7) is 8.29. The molecule has 0 unspecified atom stereocenters. The van der Waals surface area contributed by atoms with Gasteiger partial charge in [-0.15, -0.1) is 0 Å². The van der Waals surface area contributed by atoms with E-state index in [9.17, 15) is 0 Å². The maximum atomic E-state index is 6.27. The van der Waals surface area contributed by atoms with Gasteiger partial charge in [0, 0.05) is 23.5 Å². The van der Waals surface area contributed by atoms with Gasteiger partial charge in [-0.1, -0.05) is 78.9 Å². The van der Waals surface area contributed by atoms with Crippen LogP contribution in [0.4, 0.5) is 0 Å². The highest BCUT2D eigenvalue weighted by Crippen LogP contribution is 2.36. The second-order valence-electron chi connectivity index (χ2n) is 10.3. The first-order chi connectivity index (χ1) is 17.3. The summed E-state index contributed by atoms with van der Waals surface area (Å²) in [5.41, 5.74) is 4.13. The van der Waals surface area contributed by atoms with E-state index < -0.39 is 7.12 Å². The first-order valence-corrected chi connectivity index (χ1v) is 12.3. The molecular formula is C30H28BN3O2. The first-order valence-electron chi connectivity index (χ1n) is 12.3. The molecule has 0 N–H and O–H groups in total. The van der Waals surface area contributed by atoms with E-state index in [1.807, 2.05) is 47.0 Å². The Kier molecular flexibility index (Phi) is 5.32. The standard InChI is InChI=1S/C30H28BN3O2/c1-29(2)30(3,4)36-31(35-29)25-16-15-23-19-34(20-24(23)17-25)28-32-26(21-11-7-5-8-12-21)18-27(33-28)22-13-9-6-10-14-22/h5-20H,1-4H3. The van der Waals surface area contributed by atoms with Gasteiger partial charge in [0.15, 0.2) is 0 Å². The van der Waals surface area contributed by atoms with E-state index in [-0.39, 0.29) is 11.2 Å². The summed E-state index contributed by atoms with van der Waals surface area (Å²) in [5, 5.41) is 2.18. The van der Waals surface area contributed by atoms with Gasteiger partial charge in [-0.25, -0.2) is 9.97 Å². The van der Waals surface area contributed by atoms with Crippen LogP contribution >= 0.6 is 0 Å². The summed E-state index contributed by atoms with van der Waals surface area (Å²) in [6.07, 6.45) is 4.14. The number of rotatable bonds is 4. The van der Waals surface area contributed by atoms with Crippen molar-refractivity contribution in [1.29, 1.82) is 0 Å². The highest BCUT2D eigenvalue weighted by molar-refractivity contribution is 6.62. The third-order valence-corrected chi connectivity index (χ3v) is 7.28. The van der Waals surface area contributed by atoms with Crippen molar-refractivity contribution < 1.29 is 9.31 Å². The summed E-state index contributed by atoms with van der Waals surface area (Å²) < 4.78 is 14.5. The maximum Gasteiger partial charge on any atom is 0.494 e. The van der Waals surface area contributed by atoms with Crippen molar-refractivity contribution in [2.45, 2.75) is 38.9 Å². The molecule has 1 saturated heterocycles. The molecule has 0 saturated carbocycles. The van der Waals surface area contributed by atoms with E-state index in [2.05, 4.69) is 82.6 Å². The number of benzene rings is 3. The molecule has 0 aliphatic carbocycles. The average Bonchev–Trinajstić information content (AvgIpc) is 3.41. The van der Waals surface area contributed by atoms with Crippen molar-refractivity contribution in [3.05, 3.63) is 97.3 Å². The molecule has 0 radical (unpaired) electrons. The smallest absolute Gasteiger partial charge is 0.399 e. The van der Waals surface area contributed by atoms with Crippen LogP contribution < -0.4 is 5.46 Å².